The molecule has 3 N–H and O–H groups in total. The maximum atomic E-state index is 10.8. The SMILES string of the molecule is CC(=O)N[C@H](C(N)=O)[C@H](C)CC#N. The second kappa shape index (κ2) is 5.14. The van der Waals surface area contributed by atoms with Crippen molar-refractivity contribution in [2.45, 2.75) is 26.3 Å². The van der Waals surface area contributed by atoms with Gasteiger partial charge in [-0.3, -0.25) is 9.59 Å². The van der Waals surface area contributed by atoms with Crippen molar-refractivity contribution >= 4 is 11.8 Å². The van der Waals surface area contributed by atoms with Crippen LogP contribution in [0.2, 0.25) is 0 Å². The molecule has 5 nitrogen and oxygen atoms in total. The summed E-state index contributed by atoms with van der Waals surface area (Å²) < 4.78 is 0. The van der Waals surface area contributed by atoms with Gasteiger partial charge >= 0.3 is 0 Å². The molecule has 2 atom stereocenters. The van der Waals surface area contributed by atoms with Crippen LogP contribution in [0.4, 0.5) is 0 Å². The number of hydrogen-bond acceptors (Lipinski definition) is 3. The molecule has 0 aliphatic carbocycles. The first-order valence-corrected chi connectivity index (χ1v) is 3.92. The number of amides is 2. The Balaban J connectivity index is 4.34. The van der Waals surface area contributed by atoms with Gasteiger partial charge in [-0.25, -0.2) is 0 Å². The molecule has 5 heteroatoms. The molecule has 0 fully saturated rings. The Hall–Kier alpha value is -1.57. The first-order chi connectivity index (χ1) is 5.99. The van der Waals surface area contributed by atoms with Crippen molar-refractivity contribution in [1.82, 2.24) is 5.32 Å². The van der Waals surface area contributed by atoms with Crippen LogP contribution in [0.3, 0.4) is 0 Å². The fourth-order valence-electron chi connectivity index (χ4n) is 0.975. The second-order valence-corrected chi connectivity index (χ2v) is 2.92. The number of nitriles is 1. The molecule has 0 unspecified atom stereocenters. The van der Waals surface area contributed by atoms with Gasteiger partial charge in [0.1, 0.15) is 6.04 Å². The summed E-state index contributed by atoms with van der Waals surface area (Å²) in [6.07, 6.45) is 0.188. The van der Waals surface area contributed by atoms with E-state index in [2.05, 4.69) is 5.32 Å². The normalized spacial score (nSPS) is 13.9. The summed E-state index contributed by atoms with van der Waals surface area (Å²) >= 11 is 0. The second-order valence-electron chi connectivity index (χ2n) is 2.92. The zero-order valence-electron chi connectivity index (χ0n) is 7.70. The topological polar surface area (TPSA) is 96.0 Å². The van der Waals surface area contributed by atoms with Crippen molar-refractivity contribution < 1.29 is 9.59 Å². The fraction of sp³-hybridized carbons (Fsp3) is 0.625. The highest BCUT2D eigenvalue weighted by Crippen LogP contribution is 2.06. The van der Waals surface area contributed by atoms with E-state index in [0.717, 1.165) is 0 Å². The maximum absolute atomic E-state index is 10.8. The van der Waals surface area contributed by atoms with E-state index >= 15 is 0 Å². The van der Waals surface area contributed by atoms with E-state index in [1.807, 2.05) is 6.07 Å². The van der Waals surface area contributed by atoms with Gasteiger partial charge in [-0.15, -0.1) is 0 Å². The Bertz CT molecular complexity index is 244. The van der Waals surface area contributed by atoms with E-state index in [-0.39, 0.29) is 18.2 Å². The van der Waals surface area contributed by atoms with Crippen LogP contribution in [0.15, 0.2) is 0 Å². The average molecular weight is 183 g/mol. The molecule has 0 spiro atoms. The molecule has 0 aromatic carbocycles. The average Bonchev–Trinajstić information content (AvgIpc) is 1.99. The van der Waals surface area contributed by atoms with Crippen molar-refractivity contribution in [3.63, 3.8) is 0 Å². The lowest BCUT2D eigenvalue weighted by molar-refractivity contribution is -0.127. The van der Waals surface area contributed by atoms with Crippen LogP contribution < -0.4 is 11.1 Å². The first kappa shape index (κ1) is 11.4. The van der Waals surface area contributed by atoms with Crippen molar-refractivity contribution in [1.29, 1.82) is 5.26 Å². The van der Waals surface area contributed by atoms with Gasteiger partial charge < -0.3 is 11.1 Å². The van der Waals surface area contributed by atoms with Gasteiger partial charge in [-0.1, -0.05) is 6.92 Å². The number of hydrogen-bond donors (Lipinski definition) is 2. The van der Waals surface area contributed by atoms with Gasteiger partial charge in [0.2, 0.25) is 11.8 Å². The summed E-state index contributed by atoms with van der Waals surface area (Å²) in [5.74, 6) is -1.20. The third-order valence-corrected chi connectivity index (χ3v) is 1.65. The standard InChI is InChI=1S/C8H13N3O2/c1-5(3-4-9)7(8(10)13)11-6(2)12/h5,7H,3H2,1-2H3,(H2,10,13)(H,11,12)/t5-,7+/m1/s1. The van der Waals surface area contributed by atoms with Crippen molar-refractivity contribution in [3.05, 3.63) is 0 Å². The number of nitrogens with one attached hydrogen (secondary N) is 1. The molecule has 72 valence electrons. The summed E-state index contributed by atoms with van der Waals surface area (Å²) in [5, 5.41) is 10.8. The minimum atomic E-state index is -0.753. The summed E-state index contributed by atoms with van der Waals surface area (Å²) in [6.45, 7) is 2.99. The number of carbonyl (C=O) groups is 2. The van der Waals surface area contributed by atoms with Gasteiger partial charge in [0.25, 0.3) is 0 Å². The van der Waals surface area contributed by atoms with E-state index in [4.69, 9.17) is 11.0 Å². The van der Waals surface area contributed by atoms with Crippen LogP contribution in [0, 0.1) is 17.2 Å². The van der Waals surface area contributed by atoms with Crippen LogP contribution in [0.1, 0.15) is 20.3 Å². The molecule has 0 bridgehead atoms. The van der Waals surface area contributed by atoms with Crippen LogP contribution in [0.25, 0.3) is 0 Å². The maximum Gasteiger partial charge on any atom is 0.240 e. The smallest absolute Gasteiger partial charge is 0.240 e. The Morgan fingerprint density at radius 3 is 2.46 bits per heavy atom. The van der Waals surface area contributed by atoms with Crippen molar-refractivity contribution in [3.8, 4) is 6.07 Å². The number of rotatable bonds is 4. The van der Waals surface area contributed by atoms with E-state index in [9.17, 15) is 9.59 Å². The summed E-state index contributed by atoms with van der Waals surface area (Å²) in [7, 11) is 0. The molecule has 2 amide bonds. The molecule has 0 saturated carbocycles. The van der Waals surface area contributed by atoms with Gasteiger partial charge in [0, 0.05) is 13.3 Å². The highest BCUT2D eigenvalue weighted by Gasteiger charge is 2.23. The summed E-state index contributed by atoms with van der Waals surface area (Å²) in [4.78, 5) is 21.5. The minimum absolute atomic E-state index is 0.188. The van der Waals surface area contributed by atoms with Gasteiger partial charge in [0.05, 0.1) is 6.07 Å². The fourth-order valence-corrected chi connectivity index (χ4v) is 0.975. The lowest BCUT2D eigenvalue weighted by atomic mass is 9.98. The highest BCUT2D eigenvalue weighted by atomic mass is 16.2. The van der Waals surface area contributed by atoms with Crippen molar-refractivity contribution in [2.75, 3.05) is 0 Å². The van der Waals surface area contributed by atoms with Gasteiger partial charge in [-0.2, -0.15) is 5.26 Å². The third-order valence-electron chi connectivity index (χ3n) is 1.65. The predicted molar refractivity (Wildman–Crippen MR) is 46.2 cm³/mol. The van der Waals surface area contributed by atoms with E-state index in [0.29, 0.717) is 0 Å². The third kappa shape index (κ3) is 4.11. The number of nitrogens with two attached hydrogens (primary N) is 1. The first-order valence-electron chi connectivity index (χ1n) is 3.92. The molecule has 0 heterocycles. The van der Waals surface area contributed by atoms with Crippen molar-refractivity contribution in [2.24, 2.45) is 11.7 Å². The highest BCUT2D eigenvalue weighted by molar-refractivity contribution is 5.85. The Kier molecular flexibility index (Phi) is 4.52. The summed E-state index contributed by atoms with van der Waals surface area (Å²) in [6, 6.07) is 1.16. The number of carbonyl (C=O) groups excluding carboxylic acids is 2. The zero-order chi connectivity index (χ0) is 10.4. The molecule has 0 aromatic heterocycles. The van der Waals surface area contributed by atoms with Crippen LogP contribution in [-0.4, -0.2) is 17.9 Å². The predicted octanol–water partition coefficient (Wildman–Crippen LogP) is -0.474. The molecule has 0 aliphatic heterocycles. The van der Waals surface area contributed by atoms with Crippen LogP contribution in [-0.2, 0) is 9.59 Å². The van der Waals surface area contributed by atoms with Crippen LogP contribution >= 0.6 is 0 Å². The van der Waals surface area contributed by atoms with Gasteiger partial charge in [0.15, 0.2) is 0 Å². The quantitative estimate of drug-likeness (QED) is 0.616. The zero-order valence-corrected chi connectivity index (χ0v) is 7.70. The molecule has 0 aliphatic rings. The lowest BCUT2D eigenvalue weighted by Gasteiger charge is -2.18. The molecular formula is C8H13N3O2. The number of nitrogens with zero attached hydrogens (tertiary/aromatic N) is 1. The molecule has 13 heavy (non-hydrogen) atoms. The number of primary amides is 1. The molecule has 0 aromatic rings. The van der Waals surface area contributed by atoms with E-state index in [1.165, 1.54) is 6.92 Å². The minimum Gasteiger partial charge on any atom is -0.368 e. The Morgan fingerprint density at radius 1 is 1.62 bits per heavy atom. The van der Waals surface area contributed by atoms with E-state index in [1.54, 1.807) is 6.92 Å². The molecule has 0 rings (SSSR count). The molecule has 0 saturated heterocycles. The Labute approximate surface area is 76.9 Å². The largest absolute Gasteiger partial charge is 0.368 e. The van der Waals surface area contributed by atoms with Gasteiger partial charge in [-0.05, 0) is 5.92 Å². The van der Waals surface area contributed by atoms with Crippen LogP contribution in [0.5, 0.6) is 0 Å². The Morgan fingerprint density at radius 2 is 2.15 bits per heavy atom. The van der Waals surface area contributed by atoms with E-state index < -0.39 is 11.9 Å². The molecule has 0 radical (unpaired) electrons. The molecular weight excluding hydrogens is 170 g/mol. The lowest BCUT2D eigenvalue weighted by Crippen LogP contribution is -2.47. The summed E-state index contributed by atoms with van der Waals surface area (Å²) in [5.41, 5.74) is 5.05. The monoisotopic (exact) mass is 183 g/mol.